The molecule has 0 spiro atoms. The van der Waals surface area contributed by atoms with Gasteiger partial charge in [0.25, 0.3) is 0 Å². The van der Waals surface area contributed by atoms with Crippen molar-refractivity contribution in [3.63, 3.8) is 0 Å². The SMILES string of the molecule is BC1OC(COP(=O)(O)OP(=O)(O)OP(=O)(O)O)C2OC(=S)OC12. The molecule has 2 rings (SSSR count). The molecule has 0 bridgehead atoms. The third kappa shape index (κ3) is 5.56. The van der Waals surface area contributed by atoms with Gasteiger partial charge in [0.15, 0.2) is 12.2 Å². The van der Waals surface area contributed by atoms with Gasteiger partial charge < -0.3 is 33.8 Å². The van der Waals surface area contributed by atoms with Crippen molar-refractivity contribution in [3.05, 3.63) is 0 Å². The van der Waals surface area contributed by atoms with Gasteiger partial charge in [-0.05, 0) is 0 Å². The average Bonchev–Trinajstić information content (AvgIpc) is 2.82. The lowest BCUT2D eigenvalue weighted by Gasteiger charge is -2.19. The van der Waals surface area contributed by atoms with E-state index in [-0.39, 0.29) is 5.24 Å². The van der Waals surface area contributed by atoms with Crippen LogP contribution < -0.4 is 0 Å². The van der Waals surface area contributed by atoms with Crippen LogP contribution in [0.3, 0.4) is 0 Å². The molecule has 2 aliphatic heterocycles. The van der Waals surface area contributed by atoms with Crippen LogP contribution in [0, 0.1) is 0 Å². The van der Waals surface area contributed by atoms with Crippen molar-refractivity contribution in [2.24, 2.45) is 0 Å². The van der Waals surface area contributed by atoms with Crippen LogP contribution in [0.5, 0.6) is 0 Å². The molecule has 0 aromatic heterocycles. The fraction of sp³-hybridized carbons (Fsp3) is 0.833. The molecule has 0 aromatic rings. The predicted molar refractivity (Wildman–Crippen MR) is 79.4 cm³/mol. The lowest BCUT2D eigenvalue weighted by Crippen LogP contribution is -2.31. The fourth-order valence-electron chi connectivity index (χ4n) is 2.07. The zero-order valence-electron chi connectivity index (χ0n) is 11.7. The molecule has 0 saturated carbocycles. The van der Waals surface area contributed by atoms with Gasteiger partial charge in [0.05, 0.1) is 12.6 Å². The number of hydrogen-bond donors (Lipinski definition) is 4. The summed E-state index contributed by atoms with van der Waals surface area (Å²) in [6.07, 6.45) is -2.18. The Balaban J connectivity index is 1.93. The standard InChI is InChI=1S/C6H12BO13P3S/c7-5-4-3(17-6(24)18-4)2(16-5)1-15-22(11,12)20-23(13,14)19-21(8,9)10/h2-5H,1,7H2,(H,11,12)(H,13,14)(H2,8,9,10). The second kappa shape index (κ2) is 7.03. The summed E-state index contributed by atoms with van der Waals surface area (Å²) in [4.78, 5) is 35.2. The monoisotopic (exact) mass is 428 g/mol. The first-order valence-electron chi connectivity index (χ1n) is 6.09. The largest absolute Gasteiger partial charge is 0.490 e. The molecule has 4 N–H and O–H groups in total. The minimum Gasteiger partial charge on any atom is -0.448 e. The summed E-state index contributed by atoms with van der Waals surface area (Å²) in [6.45, 7) is -0.624. The lowest BCUT2D eigenvalue weighted by molar-refractivity contribution is -0.00373. The normalized spacial score (nSPS) is 34.8. The molecule has 0 aromatic carbocycles. The maximum atomic E-state index is 11.6. The molecule has 2 aliphatic rings. The maximum Gasteiger partial charge on any atom is 0.490 e. The van der Waals surface area contributed by atoms with Crippen LogP contribution in [0.25, 0.3) is 0 Å². The van der Waals surface area contributed by atoms with Gasteiger partial charge in [0.2, 0.25) is 0 Å². The van der Waals surface area contributed by atoms with Gasteiger partial charge in [-0.1, -0.05) is 0 Å². The Morgan fingerprint density at radius 1 is 1.04 bits per heavy atom. The Bertz CT molecular complexity index is 650. The summed E-state index contributed by atoms with van der Waals surface area (Å²) in [5.74, 6) is 0. The van der Waals surface area contributed by atoms with Crippen LogP contribution in [-0.4, -0.2) is 63.6 Å². The number of ether oxygens (including phenoxy) is 3. The highest BCUT2D eigenvalue weighted by molar-refractivity contribution is 7.79. The first kappa shape index (κ1) is 20.4. The highest BCUT2D eigenvalue weighted by Gasteiger charge is 2.52. The summed E-state index contributed by atoms with van der Waals surface area (Å²) >= 11 is 4.73. The van der Waals surface area contributed by atoms with Crippen molar-refractivity contribution in [3.8, 4) is 0 Å². The Kier molecular flexibility index (Phi) is 5.99. The van der Waals surface area contributed by atoms with E-state index in [0.29, 0.717) is 0 Å². The Labute approximate surface area is 141 Å². The first-order chi connectivity index (χ1) is 10.8. The number of rotatable bonds is 7. The molecule has 6 atom stereocenters. The fourth-order valence-corrected chi connectivity index (χ4v) is 5.32. The molecule has 2 saturated heterocycles. The molecule has 0 aliphatic carbocycles. The Morgan fingerprint density at radius 3 is 2.21 bits per heavy atom. The van der Waals surface area contributed by atoms with E-state index in [2.05, 4.69) is 13.1 Å². The topological polar surface area (TPSA) is 188 Å². The quantitative estimate of drug-likeness (QED) is 0.214. The molecule has 0 amide bonds. The molecule has 2 heterocycles. The molecular weight excluding hydrogens is 416 g/mol. The first-order valence-corrected chi connectivity index (χ1v) is 11.0. The van der Waals surface area contributed by atoms with Crippen molar-refractivity contribution in [2.45, 2.75) is 24.3 Å². The molecule has 13 nitrogen and oxygen atoms in total. The average molecular weight is 428 g/mol. The molecular formula is C6H12BO13P3S. The maximum absolute atomic E-state index is 11.6. The molecule has 18 heteroatoms. The number of hydrogen-bond acceptors (Lipinski definition) is 10. The van der Waals surface area contributed by atoms with E-state index in [1.54, 1.807) is 7.85 Å². The number of phosphoric acid groups is 3. The van der Waals surface area contributed by atoms with Gasteiger partial charge >= 0.3 is 28.7 Å². The van der Waals surface area contributed by atoms with Crippen molar-refractivity contribution >= 4 is 48.8 Å². The molecule has 0 radical (unpaired) electrons. The Morgan fingerprint density at radius 2 is 1.62 bits per heavy atom. The third-order valence-corrected chi connectivity index (χ3v) is 6.82. The summed E-state index contributed by atoms with van der Waals surface area (Å²) in [7, 11) is -14.6. The van der Waals surface area contributed by atoms with Crippen molar-refractivity contribution < 1.29 is 60.6 Å². The lowest BCUT2D eigenvalue weighted by atomic mass is 9.93. The van der Waals surface area contributed by atoms with Crippen LogP contribution >= 0.6 is 35.7 Å². The van der Waals surface area contributed by atoms with Gasteiger partial charge in [0, 0.05) is 12.2 Å². The molecule has 24 heavy (non-hydrogen) atoms. The zero-order valence-corrected chi connectivity index (χ0v) is 15.2. The van der Waals surface area contributed by atoms with Gasteiger partial charge in [-0.3, -0.25) is 4.52 Å². The predicted octanol–water partition coefficient (Wildman–Crippen LogP) is -1.24. The molecule has 138 valence electrons. The van der Waals surface area contributed by atoms with Crippen molar-refractivity contribution in [1.82, 2.24) is 0 Å². The van der Waals surface area contributed by atoms with E-state index in [4.69, 9.17) is 41.1 Å². The summed E-state index contributed by atoms with van der Waals surface area (Å²) < 4.78 is 60.6. The summed E-state index contributed by atoms with van der Waals surface area (Å²) in [5, 5.41) is -0.122. The van der Waals surface area contributed by atoms with Crippen molar-refractivity contribution in [2.75, 3.05) is 6.61 Å². The molecule has 6 unspecified atom stereocenters. The highest BCUT2D eigenvalue weighted by Crippen LogP contribution is 2.66. The van der Waals surface area contributed by atoms with Crippen LogP contribution in [-0.2, 0) is 41.1 Å². The minimum absolute atomic E-state index is 0.122. The second-order valence-electron chi connectivity index (χ2n) is 4.68. The highest BCUT2D eigenvalue weighted by atomic mass is 32.1. The smallest absolute Gasteiger partial charge is 0.448 e. The number of phosphoric ester groups is 1. The van der Waals surface area contributed by atoms with E-state index >= 15 is 0 Å². The number of fused-ring (bicyclic) bond motifs is 1. The van der Waals surface area contributed by atoms with Gasteiger partial charge in [-0.15, -0.1) is 0 Å². The number of thiocarbonyl (C=S) groups is 1. The molecule has 2 fully saturated rings. The van der Waals surface area contributed by atoms with Crippen LogP contribution in [0.4, 0.5) is 0 Å². The van der Waals surface area contributed by atoms with E-state index in [1.807, 2.05) is 0 Å². The van der Waals surface area contributed by atoms with Gasteiger partial charge in [-0.2, -0.15) is 8.62 Å². The Hall–Kier alpha value is 0.125. The van der Waals surface area contributed by atoms with Crippen LogP contribution in [0.2, 0.25) is 0 Å². The van der Waals surface area contributed by atoms with Crippen LogP contribution in [0.15, 0.2) is 0 Å². The van der Waals surface area contributed by atoms with Crippen LogP contribution in [0.1, 0.15) is 0 Å². The second-order valence-corrected chi connectivity index (χ2v) is 9.43. The van der Waals surface area contributed by atoms with E-state index < -0.39 is 54.4 Å². The van der Waals surface area contributed by atoms with E-state index in [0.717, 1.165) is 0 Å². The third-order valence-electron chi connectivity index (χ3n) is 2.82. The van der Waals surface area contributed by atoms with Gasteiger partial charge in [-0.25, -0.2) is 13.7 Å². The zero-order chi connectivity index (χ0) is 18.3. The van der Waals surface area contributed by atoms with E-state index in [1.165, 1.54) is 0 Å². The summed E-state index contributed by atoms with van der Waals surface area (Å²) in [6, 6.07) is -0.468. The van der Waals surface area contributed by atoms with Crippen molar-refractivity contribution in [1.29, 1.82) is 0 Å². The van der Waals surface area contributed by atoms with E-state index in [9.17, 15) is 18.6 Å². The minimum atomic E-state index is -5.56. The van der Waals surface area contributed by atoms with Gasteiger partial charge in [0.1, 0.15) is 14.0 Å². The summed E-state index contributed by atoms with van der Waals surface area (Å²) in [5.41, 5.74) is 0.